The van der Waals surface area contributed by atoms with Crippen molar-refractivity contribution in [3.8, 4) is 22.6 Å². The highest BCUT2D eigenvalue weighted by Crippen LogP contribution is 2.37. The number of nitrogens with zero attached hydrogens (tertiary/aromatic N) is 2. The molecule has 0 aliphatic carbocycles. The normalized spacial score (nSPS) is 13.8. The van der Waals surface area contributed by atoms with E-state index in [0.29, 0.717) is 0 Å². The molecule has 0 amide bonds. The summed E-state index contributed by atoms with van der Waals surface area (Å²) in [5.41, 5.74) is 6.45. The first-order valence-corrected chi connectivity index (χ1v) is 14.3. The lowest BCUT2D eigenvalue weighted by atomic mass is 10.0. The molecule has 0 bridgehead atoms. The van der Waals surface area contributed by atoms with Crippen LogP contribution in [0, 0.1) is 0 Å². The molecule has 1 unspecified atom stereocenters. The molecule has 210 valence electrons. The molecule has 5 heteroatoms. The molecule has 0 radical (unpaired) electrons. The van der Waals surface area contributed by atoms with Crippen LogP contribution < -0.4 is 14.5 Å². The van der Waals surface area contributed by atoms with Crippen molar-refractivity contribution >= 4 is 28.6 Å². The van der Waals surface area contributed by atoms with Crippen molar-refractivity contribution in [2.45, 2.75) is 12.6 Å². The van der Waals surface area contributed by atoms with Crippen molar-refractivity contribution in [2.24, 2.45) is 0 Å². The average molecular weight is 563 g/mol. The number of furan rings is 1. The van der Waals surface area contributed by atoms with Crippen molar-refractivity contribution in [3.63, 3.8) is 0 Å². The van der Waals surface area contributed by atoms with Gasteiger partial charge in [0.1, 0.15) is 11.5 Å². The SMILES string of the molecule is C1=COC(N(c2ccccc2)c2ccc(-c3ccc(Oc4ccc(N(c5ccccc5)c5ccco5)cc4)cc3)cc2)C1. The third-order valence-corrected chi connectivity index (χ3v) is 7.40. The first-order chi connectivity index (χ1) is 21.3. The standard InChI is InChI=1S/C38H30N2O3/c1-3-9-31(10-4-1)39(37-13-7-27-41-37)33-19-15-29(16-20-33)30-17-23-35(24-18-30)43-36-25-21-34(22-26-36)40(38-14-8-28-42-38)32-11-5-2-6-12-32/h1-12,14-28,37H,13H2. The van der Waals surface area contributed by atoms with Crippen molar-refractivity contribution < 1.29 is 13.9 Å². The minimum atomic E-state index is -0.0506. The van der Waals surface area contributed by atoms with E-state index >= 15 is 0 Å². The van der Waals surface area contributed by atoms with E-state index in [2.05, 4.69) is 88.7 Å². The van der Waals surface area contributed by atoms with Gasteiger partial charge in [-0.15, -0.1) is 0 Å². The third-order valence-electron chi connectivity index (χ3n) is 7.40. The van der Waals surface area contributed by atoms with Crippen molar-refractivity contribution in [1.29, 1.82) is 0 Å². The van der Waals surface area contributed by atoms with E-state index in [1.54, 1.807) is 12.5 Å². The van der Waals surface area contributed by atoms with E-state index in [9.17, 15) is 0 Å². The van der Waals surface area contributed by atoms with Crippen molar-refractivity contribution in [3.05, 3.63) is 164 Å². The van der Waals surface area contributed by atoms with Crippen LogP contribution in [-0.4, -0.2) is 6.23 Å². The van der Waals surface area contributed by atoms with Crippen molar-refractivity contribution in [2.75, 3.05) is 9.80 Å². The summed E-state index contributed by atoms with van der Waals surface area (Å²) in [5.74, 6) is 2.29. The molecule has 1 atom stereocenters. The molecule has 0 spiro atoms. The summed E-state index contributed by atoms with van der Waals surface area (Å²) in [7, 11) is 0. The maximum atomic E-state index is 6.19. The Morgan fingerprint density at radius 1 is 0.535 bits per heavy atom. The smallest absolute Gasteiger partial charge is 0.204 e. The Morgan fingerprint density at radius 2 is 1.07 bits per heavy atom. The van der Waals surface area contributed by atoms with Crippen molar-refractivity contribution in [1.82, 2.24) is 0 Å². The second-order valence-electron chi connectivity index (χ2n) is 10.2. The molecule has 5 aromatic carbocycles. The van der Waals surface area contributed by atoms with Crippen LogP contribution in [0.25, 0.3) is 11.1 Å². The highest BCUT2D eigenvalue weighted by molar-refractivity contribution is 5.74. The van der Waals surface area contributed by atoms with Gasteiger partial charge in [0.2, 0.25) is 5.88 Å². The molecule has 1 aromatic heterocycles. The number of ether oxygens (including phenoxy) is 2. The molecule has 2 heterocycles. The van der Waals surface area contributed by atoms with E-state index in [1.165, 1.54) is 0 Å². The van der Waals surface area contributed by atoms with E-state index in [0.717, 1.165) is 57.7 Å². The second-order valence-corrected chi connectivity index (χ2v) is 10.2. The summed E-state index contributed by atoms with van der Waals surface area (Å²) in [6.07, 6.45) is 6.32. The fourth-order valence-electron chi connectivity index (χ4n) is 5.32. The fourth-order valence-corrected chi connectivity index (χ4v) is 5.32. The molecule has 5 nitrogen and oxygen atoms in total. The van der Waals surface area contributed by atoms with Crippen LogP contribution in [0.15, 0.2) is 169 Å². The monoisotopic (exact) mass is 562 g/mol. The average Bonchev–Trinajstić information content (AvgIpc) is 3.80. The van der Waals surface area contributed by atoms with Gasteiger partial charge in [0.25, 0.3) is 0 Å². The number of hydrogen-bond acceptors (Lipinski definition) is 5. The third kappa shape index (κ3) is 5.74. The summed E-state index contributed by atoms with van der Waals surface area (Å²) in [6.45, 7) is 0. The quantitative estimate of drug-likeness (QED) is 0.175. The van der Waals surface area contributed by atoms with Crippen LogP contribution in [-0.2, 0) is 4.74 Å². The minimum Gasteiger partial charge on any atom is -0.478 e. The van der Waals surface area contributed by atoms with Gasteiger partial charge in [0, 0.05) is 35.2 Å². The summed E-state index contributed by atoms with van der Waals surface area (Å²) < 4.78 is 17.8. The Kier molecular flexibility index (Phi) is 7.35. The molecule has 0 N–H and O–H groups in total. The van der Waals surface area contributed by atoms with Gasteiger partial charge in [-0.1, -0.05) is 60.7 Å². The maximum Gasteiger partial charge on any atom is 0.204 e. The lowest BCUT2D eigenvalue weighted by Crippen LogP contribution is -2.30. The molecule has 0 saturated carbocycles. The molecule has 43 heavy (non-hydrogen) atoms. The molecule has 6 aromatic rings. The fraction of sp³-hybridized carbons (Fsp3) is 0.0526. The molecular weight excluding hydrogens is 532 g/mol. The lowest BCUT2D eigenvalue weighted by Gasteiger charge is -2.30. The minimum absolute atomic E-state index is 0.0506. The number of rotatable bonds is 9. The summed E-state index contributed by atoms with van der Waals surface area (Å²) in [5, 5.41) is 0. The number of benzene rings is 5. The number of para-hydroxylation sites is 2. The molecule has 1 aliphatic rings. The number of anilines is 5. The molecule has 7 rings (SSSR count). The Morgan fingerprint density at radius 3 is 1.65 bits per heavy atom. The Balaban J connectivity index is 1.05. The number of hydrogen-bond donors (Lipinski definition) is 0. The van der Waals surface area contributed by atoms with Gasteiger partial charge in [0.05, 0.1) is 12.5 Å². The molecule has 1 aliphatic heterocycles. The molecule has 0 saturated heterocycles. The van der Waals surface area contributed by atoms with E-state index in [1.807, 2.05) is 72.8 Å². The summed E-state index contributed by atoms with van der Waals surface area (Å²) in [4.78, 5) is 4.31. The Hall–Kier alpha value is -5.68. The zero-order valence-electron chi connectivity index (χ0n) is 23.5. The molecule has 0 fully saturated rings. The largest absolute Gasteiger partial charge is 0.478 e. The van der Waals surface area contributed by atoms with Gasteiger partial charge >= 0.3 is 0 Å². The summed E-state index contributed by atoms with van der Waals surface area (Å²) in [6, 6.07) is 49.2. The van der Waals surface area contributed by atoms with Gasteiger partial charge in [-0.05, 0) is 96.1 Å². The first kappa shape index (κ1) is 26.2. The van der Waals surface area contributed by atoms with Gasteiger partial charge < -0.3 is 18.8 Å². The Labute approximate surface area is 251 Å². The van der Waals surface area contributed by atoms with Crippen LogP contribution in [0.5, 0.6) is 11.5 Å². The van der Waals surface area contributed by atoms with Crippen LogP contribution >= 0.6 is 0 Å². The van der Waals surface area contributed by atoms with E-state index < -0.39 is 0 Å². The van der Waals surface area contributed by atoms with Gasteiger partial charge in [-0.2, -0.15) is 0 Å². The predicted octanol–water partition coefficient (Wildman–Crippen LogP) is 10.6. The summed E-state index contributed by atoms with van der Waals surface area (Å²) >= 11 is 0. The zero-order chi connectivity index (χ0) is 28.8. The van der Waals surface area contributed by atoms with Gasteiger partial charge in [0.15, 0.2) is 6.23 Å². The van der Waals surface area contributed by atoms with Crippen LogP contribution in [0.2, 0.25) is 0 Å². The second kappa shape index (κ2) is 12.0. The van der Waals surface area contributed by atoms with Crippen LogP contribution in [0.1, 0.15) is 6.42 Å². The van der Waals surface area contributed by atoms with Gasteiger partial charge in [-0.3, -0.25) is 4.90 Å². The van der Waals surface area contributed by atoms with Crippen LogP contribution in [0.4, 0.5) is 28.6 Å². The highest BCUT2D eigenvalue weighted by atomic mass is 16.5. The first-order valence-electron chi connectivity index (χ1n) is 14.3. The lowest BCUT2D eigenvalue weighted by molar-refractivity contribution is 0.176. The van der Waals surface area contributed by atoms with E-state index in [4.69, 9.17) is 13.9 Å². The van der Waals surface area contributed by atoms with Gasteiger partial charge in [-0.25, -0.2) is 0 Å². The van der Waals surface area contributed by atoms with Crippen LogP contribution in [0.3, 0.4) is 0 Å². The zero-order valence-corrected chi connectivity index (χ0v) is 23.5. The van der Waals surface area contributed by atoms with E-state index in [-0.39, 0.29) is 6.23 Å². The maximum absolute atomic E-state index is 6.19. The molecular formula is C38H30N2O3. The Bertz CT molecular complexity index is 1760. The predicted molar refractivity (Wildman–Crippen MR) is 173 cm³/mol. The topological polar surface area (TPSA) is 38.1 Å². The highest BCUT2D eigenvalue weighted by Gasteiger charge is 2.23.